The fourth-order valence-electron chi connectivity index (χ4n) is 6.21. The molecule has 39 heavy (non-hydrogen) atoms. The summed E-state index contributed by atoms with van der Waals surface area (Å²) < 4.78 is 26.2. The highest BCUT2D eigenvalue weighted by Crippen LogP contribution is 2.40. The van der Waals surface area contributed by atoms with E-state index in [4.69, 9.17) is 26.1 Å². The number of halogens is 2. The summed E-state index contributed by atoms with van der Waals surface area (Å²) in [4.78, 5) is 30.6. The molecular formula is C27H32ClFN6O4. The van der Waals surface area contributed by atoms with Gasteiger partial charge in [-0.05, 0) is 43.2 Å². The molecule has 3 aromatic rings. The van der Waals surface area contributed by atoms with Crippen LogP contribution in [0.1, 0.15) is 62.8 Å². The first-order valence-electron chi connectivity index (χ1n) is 13.4. The van der Waals surface area contributed by atoms with Crippen LogP contribution in [0.4, 0.5) is 15.1 Å². The number of nitrogens with zero attached hydrogens (tertiary/aromatic N) is 4. The van der Waals surface area contributed by atoms with Gasteiger partial charge < -0.3 is 29.8 Å². The van der Waals surface area contributed by atoms with E-state index in [1.54, 1.807) is 4.90 Å². The standard InChI is InChI=1S/C27H32ClFN6O4/c1-12(2)20-15(9-17(29)22-23(20)33-25(32-22)13-6-7-35(11-13)27(37)38-3)21-16(28)10-30-26(34-21)31-18-8-14-4-5-19(39-14)24(18)36/h9-10,12-14,18-19,24,36H,4-8,11H2,1-3H3,(H,32,33)(H,30,31,34)/t13-,14-,18-,19+,24+/m1/s1. The van der Waals surface area contributed by atoms with Gasteiger partial charge in [0.15, 0.2) is 5.82 Å². The summed E-state index contributed by atoms with van der Waals surface area (Å²) in [6.07, 6.45) is 3.49. The molecule has 3 aliphatic rings. The van der Waals surface area contributed by atoms with Crippen LogP contribution in [0, 0.1) is 5.82 Å². The molecule has 0 radical (unpaired) electrons. The minimum Gasteiger partial charge on any atom is -0.453 e. The van der Waals surface area contributed by atoms with E-state index in [9.17, 15) is 9.90 Å². The van der Waals surface area contributed by atoms with Crippen molar-refractivity contribution in [3.8, 4) is 11.3 Å². The number of aromatic amines is 1. The Morgan fingerprint density at radius 2 is 2.15 bits per heavy atom. The molecule has 2 bridgehead atoms. The van der Waals surface area contributed by atoms with Gasteiger partial charge in [0, 0.05) is 24.6 Å². The molecule has 3 fully saturated rings. The summed E-state index contributed by atoms with van der Waals surface area (Å²) in [5.74, 6) is 0.388. The largest absolute Gasteiger partial charge is 0.453 e. The number of carbonyl (C=O) groups excluding carboxylic acids is 1. The molecule has 2 aromatic heterocycles. The number of carbonyl (C=O) groups is 1. The second kappa shape index (κ2) is 10.2. The van der Waals surface area contributed by atoms with Crippen LogP contribution in [-0.4, -0.2) is 80.6 Å². The van der Waals surface area contributed by atoms with E-state index < -0.39 is 11.9 Å². The van der Waals surface area contributed by atoms with Gasteiger partial charge in [-0.1, -0.05) is 25.4 Å². The second-order valence-corrected chi connectivity index (χ2v) is 11.4. The van der Waals surface area contributed by atoms with Gasteiger partial charge in [-0.15, -0.1) is 0 Å². The number of amides is 1. The number of benzene rings is 1. The smallest absolute Gasteiger partial charge is 0.409 e. The monoisotopic (exact) mass is 558 g/mol. The van der Waals surface area contributed by atoms with Crippen molar-refractivity contribution in [1.29, 1.82) is 0 Å². The highest BCUT2D eigenvalue weighted by molar-refractivity contribution is 6.33. The van der Waals surface area contributed by atoms with Gasteiger partial charge in [-0.25, -0.2) is 24.1 Å². The minimum atomic E-state index is -0.666. The summed E-state index contributed by atoms with van der Waals surface area (Å²) in [6.45, 7) is 5.04. The fraction of sp³-hybridized carbons (Fsp3) is 0.556. The molecular weight excluding hydrogens is 527 g/mol. The molecule has 5 atom stereocenters. The van der Waals surface area contributed by atoms with Gasteiger partial charge in [-0.2, -0.15) is 0 Å². The first-order chi connectivity index (χ1) is 18.7. The maximum atomic E-state index is 15.6. The van der Waals surface area contributed by atoms with E-state index in [-0.39, 0.29) is 46.7 Å². The third-order valence-corrected chi connectivity index (χ3v) is 8.40. The number of aromatic nitrogens is 4. The Bertz CT molecular complexity index is 1420. The van der Waals surface area contributed by atoms with E-state index in [1.165, 1.54) is 19.4 Å². The number of rotatable bonds is 5. The van der Waals surface area contributed by atoms with Crippen molar-refractivity contribution < 1.29 is 23.8 Å². The number of imidazole rings is 1. The predicted molar refractivity (Wildman–Crippen MR) is 143 cm³/mol. The summed E-state index contributed by atoms with van der Waals surface area (Å²) in [6, 6.07) is 1.18. The molecule has 3 aliphatic heterocycles. The fourth-order valence-corrected chi connectivity index (χ4v) is 6.40. The number of anilines is 1. The van der Waals surface area contributed by atoms with E-state index in [0.29, 0.717) is 54.5 Å². The van der Waals surface area contributed by atoms with Gasteiger partial charge in [-0.3, -0.25) is 0 Å². The number of methoxy groups -OCH3 is 1. The zero-order chi connectivity index (χ0) is 27.4. The Kier molecular flexibility index (Phi) is 6.84. The Morgan fingerprint density at radius 3 is 2.92 bits per heavy atom. The van der Waals surface area contributed by atoms with Crippen LogP contribution in [0.2, 0.25) is 5.02 Å². The van der Waals surface area contributed by atoms with Crippen LogP contribution >= 0.6 is 11.6 Å². The Balaban J connectivity index is 1.36. The molecule has 12 heteroatoms. The quantitative estimate of drug-likeness (QED) is 0.415. The van der Waals surface area contributed by atoms with Crippen molar-refractivity contribution in [3.05, 3.63) is 34.5 Å². The number of fused-ring (bicyclic) bond motifs is 3. The van der Waals surface area contributed by atoms with Gasteiger partial charge in [0.1, 0.15) is 17.4 Å². The third kappa shape index (κ3) is 4.70. The normalized spacial score (nSPS) is 26.5. The molecule has 0 spiro atoms. The van der Waals surface area contributed by atoms with E-state index in [1.807, 2.05) is 13.8 Å². The maximum absolute atomic E-state index is 15.6. The number of H-pyrrole nitrogens is 1. The molecule has 5 heterocycles. The molecule has 1 amide bonds. The molecule has 3 N–H and O–H groups in total. The lowest BCUT2D eigenvalue weighted by Crippen LogP contribution is -2.47. The molecule has 1 aromatic carbocycles. The predicted octanol–water partition coefficient (Wildman–Crippen LogP) is 4.58. The highest BCUT2D eigenvalue weighted by atomic mass is 35.5. The molecule has 0 saturated carbocycles. The summed E-state index contributed by atoms with van der Waals surface area (Å²) in [7, 11) is 1.36. The summed E-state index contributed by atoms with van der Waals surface area (Å²) in [5.41, 5.74) is 2.63. The first-order valence-corrected chi connectivity index (χ1v) is 13.8. The van der Waals surface area contributed by atoms with Gasteiger partial charge in [0.05, 0.1) is 47.8 Å². The summed E-state index contributed by atoms with van der Waals surface area (Å²) >= 11 is 6.59. The molecule has 3 saturated heterocycles. The van der Waals surface area contributed by atoms with Crippen LogP contribution in [0.25, 0.3) is 22.3 Å². The zero-order valence-electron chi connectivity index (χ0n) is 22.1. The number of nitrogens with one attached hydrogen (secondary N) is 2. The highest BCUT2D eigenvalue weighted by Gasteiger charge is 2.42. The number of ether oxygens (including phenoxy) is 2. The van der Waals surface area contributed by atoms with Gasteiger partial charge in [0.25, 0.3) is 0 Å². The minimum absolute atomic E-state index is 0.0121. The lowest BCUT2D eigenvalue weighted by molar-refractivity contribution is -0.0811. The number of hydrogen-bond acceptors (Lipinski definition) is 8. The van der Waals surface area contributed by atoms with Crippen LogP contribution in [-0.2, 0) is 9.47 Å². The molecule has 0 unspecified atom stereocenters. The van der Waals surface area contributed by atoms with Crippen molar-refractivity contribution in [2.24, 2.45) is 0 Å². The number of hydrogen-bond donors (Lipinski definition) is 3. The van der Waals surface area contributed by atoms with E-state index >= 15 is 4.39 Å². The Labute approximate surface area is 230 Å². The average Bonchev–Trinajstić information content (AvgIpc) is 3.66. The van der Waals surface area contributed by atoms with E-state index in [2.05, 4.69) is 20.3 Å². The Hall–Kier alpha value is -3.02. The number of aliphatic hydroxyl groups is 1. The topological polar surface area (TPSA) is 125 Å². The Morgan fingerprint density at radius 1 is 1.33 bits per heavy atom. The van der Waals surface area contributed by atoms with Crippen LogP contribution < -0.4 is 5.32 Å². The maximum Gasteiger partial charge on any atom is 0.409 e. The van der Waals surface area contributed by atoms with Crippen molar-refractivity contribution in [1.82, 2.24) is 24.8 Å². The number of likely N-dealkylation sites (tertiary alicyclic amines) is 1. The number of aliphatic hydroxyl groups excluding tert-OH is 1. The van der Waals surface area contributed by atoms with Gasteiger partial charge in [0.2, 0.25) is 5.95 Å². The van der Waals surface area contributed by atoms with Crippen LogP contribution in [0.15, 0.2) is 12.3 Å². The third-order valence-electron chi connectivity index (χ3n) is 8.13. The van der Waals surface area contributed by atoms with Crippen LogP contribution in [0.3, 0.4) is 0 Å². The lowest BCUT2D eigenvalue weighted by atomic mass is 9.93. The van der Waals surface area contributed by atoms with Crippen LogP contribution in [0.5, 0.6) is 0 Å². The van der Waals surface area contributed by atoms with Gasteiger partial charge >= 0.3 is 6.09 Å². The van der Waals surface area contributed by atoms with Crippen molar-refractivity contribution >= 4 is 34.7 Å². The van der Waals surface area contributed by atoms with E-state index in [0.717, 1.165) is 18.4 Å². The van der Waals surface area contributed by atoms with Crippen molar-refractivity contribution in [2.45, 2.75) is 75.7 Å². The second-order valence-electron chi connectivity index (χ2n) is 11.0. The van der Waals surface area contributed by atoms with Crippen molar-refractivity contribution in [2.75, 3.05) is 25.5 Å². The molecule has 6 rings (SSSR count). The zero-order valence-corrected chi connectivity index (χ0v) is 22.8. The SMILES string of the molecule is COC(=O)N1CC[C@@H](c2nc3c(F)cc(-c4nc(N[C@@H]5C[C@H]6CC[C@H](O6)[C@H]5O)ncc4Cl)c(C(C)C)c3[nH]2)C1. The summed E-state index contributed by atoms with van der Waals surface area (Å²) in [5, 5.41) is 14.3. The van der Waals surface area contributed by atoms with Crippen molar-refractivity contribution in [3.63, 3.8) is 0 Å². The average molecular weight is 559 g/mol. The molecule has 10 nitrogen and oxygen atoms in total. The molecule has 208 valence electrons. The molecule has 0 aliphatic carbocycles. The first kappa shape index (κ1) is 26.2. The lowest BCUT2D eigenvalue weighted by Gasteiger charge is -2.34.